The molecule has 2 amide bonds. The van der Waals surface area contributed by atoms with Gasteiger partial charge in [0.15, 0.2) is 0 Å². The van der Waals surface area contributed by atoms with Gasteiger partial charge in [-0.25, -0.2) is 0 Å². The van der Waals surface area contributed by atoms with Crippen LogP contribution in [0.5, 0.6) is 5.75 Å². The molecular weight excluding hydrogens is 404 g/mol. The molecule has 2 aromatic carbocycles. The summed E-state index contributed by atoms with van der Waals surface area (Å²) >= 11 is 5.92. The Balaban J connectivity index is 1.25. The van der Waals surface area contributed by atoms with Crippen molar-refractivity contribution in [1.82, 2.24) is 10.2 Å². The maximum Gasteiger partial charge on any atom is 0.251 e. The molecule has 30 heavy (non-hydrogen) atoms. The number of nitrogens with zero attached hydrogens (tertiary/aromatic N) is 1. The normalized spacial score (nSPS) is 20.4. The predicted octanol–water partition coefficient (Wildman–Crippen LogP) is 2.80. The Bertz CT molecular complexity index is 956. The number of carbonyl (C=O) groups is 2. The van der Waals surface area contributed by atoms with Crippen LogP contribution in [-0.4, -0.2) is 54.2 Å². The Morgan fingerprint density at radius 2 is 1.87 bits per heavy atom. The van der Waals surface area contributed by atoms with E-state index in [-0.39, 0.29) is 29.6 Å². The van der Waals surface area contributed by atoms with Gasteiger partial charge in [0.25, 0.3) is 5.91 Å². The first-order valence-electron chi connectivity index (χ1n) is 9.94. The molecule has 1 aliphatic heterocycles. The van der Waals surface area contributed by atoms with E-state index in [1.165, 1.54) is 12.1 Å². The number of allylic oxidation sites excluding steroid dienone is 1. The van der Waals surface area contributed by atoms with Gasteiger partial charge in [-0.15, -0.1) is 0 Å². The maximum absolute atomic E-state index is 12.8. The summed E-state index contributed by atoms with van der Waals surface area (Å²) in [5.74, 6) is 0.0938. The zero-order valence-electron chi connectivity index (χ0n) is 16.4. The van der Waals surface area contributed by atoms with E-state index in [4.69, 9.17) is 16.3 Å². The number of aromatic hydroxyl groups is 1. The van der Waals surface area contributed by atoms with Crippen molar-refractivity contribution >= 4 is 23.4 Å². The van der Waals surface area contributed by atoms with Crippen molar-refractivity contribution in [3.63, 3.8) is 0 Å². The molecule has 7 heteroatoms. The van der Waals surface area contributed by atoms with Crippen LogP contribution < -0.4 is 5.32 Å². The molecule has 2 N–H and O–H groups in total. The minimum absolute atomic E-state index is 0.0483. The summed E-state index contributed by atoms with van der Waals surface area (Å²) < 4.78 is 5.72. The number of benzene rings is 2. The van der Waals surface area contributed by atoms with Gasteiger partial charge in [0, 0.05) is 41.7 Å². The predicted molar refractivity (Wildman–Crippen MR) is 113 cm³/mol. The minimum Gasteiger partial charge on any atom is -0.508 e. The van der Waals surface area contributed by atoms with Crippen molar-refractivity contribution in [2.75, 3.05) is 26.2 Å². The highest BCUT2D eigenvalue weighted by Crippen LogP contribution is 2.34. The number of morpholine rings is 1. The first-order valence-corrected chi connectivity index (χ1v) is 10.3. The maximum atomic E-state index is 12.8. The summed E-state index contributed by atoms with van der Waals surface area (Å²) in [4.78, 5) is 26.8. The van der Waals surface area contributed by atoms with Crippen LogP contribution in [0.15, 0.2) is 60.2 Å². The zero-order chi connectivity index (χ0) is 21.1. The van der Waals surface area contributed by atoms with Crippen molar-refractivity contribution in [3.8, 4) is 5.75 Å². The second-order valence-electron chi connectivity index (χ2n) is 7.56. The first kappa shape index (κ1) is 20.4. The van der Waals surface area contributed by atoms with Gasteiger partial charge < -0.3 is 20.1 Å². The second kappa shape index (κ2) is 8.90. The molecule has 2 aliphatic rings. The van der Waals surface area contributed by atoms with Crippen LogP contribution in [0.2, 0.25) is 5.02 Å². The largest absolute Gasteiger partial charge is 0.508 e. The average Bonchev–Trinajstić information content (AvgIpc) is 3.53. The fourth-order valence-electron chi connectivity index (χ4n) is 3.57. The summed E-state index contributed by atoms with van der Waals surface area (Å²) in [5, 5.41) is 12.9. The Morgan fingerprint density at radius 1 is 1.13 bits per heavy atom. The van der Waals surface area contributed by atoms with Crippen molar-refractivity contribution in [2.45, 2.75) is 12.5 Å². The van der Waals surface area contributed by atoms with Gasteiger partial charge in [0.1, 0.15) is 5.75 Å². The fourth-order valence-corrected chi connectivity index (χ4v) is 3.70. The van der Waals surface area contributed by atoms with Gasteiger partial charge in [0.05, 0.1) is 12.7 Å². The molecule has 1 saturated heterocycles. The molecule has 2 atom stereocenters. The minimum atomic E-state index is -0.252. The van der Waals surface area contributed by atoms with Crippen LogP contribution in [0.3, 0.4) is 0 Å². The number of phenolic OH excluding ortho intramolecular Hbond substituents is 1. The number of amides is 2. The van der Waals surface area contributed by atoms with Gasteiger partial charge in [-0.1, -0.05) is 29.8 Å². The summed E-state index contributed by atoms with van der Waals surface area (Å²) in [5.41, 5.74) is 2.46. The molecule has 6 nitrogen and oxygen atoms in total. The summed E-state index contributed by atoms with van der Waals surface area (Å²) in [6, 6.07) is 13.7. The Kier molecular flexibility index (Phi) is 6.06. The molecular formula is C23H23ClN2O4. The van der Waals surface area contributed by atoms with Crippen molar-refractivity contribution in [1.29, 1.82) is 0 Å². The number of halogens is 1. The highest BCUT2D eigenvalue weighted by Gasteiger charge is 2.35. The van der Waals surface area contributed by atoms with E-state index in [0.29, 0.717) is 36.8 Å². The van der Waals surface area contributed by atoms with Crippen molar-refractivity contribution in [2.24, 2.45) is 5.92 Å². The number of rotatable bonds is 6. The number of hydrogen-bond donors (Lipinski definition) is 2. The molecule has 1 heterocycles. The molecule has 2 aromatic rings. The summed E-state index contributed by atoms with van der Waals surface area (Å²) in [6.07, 6.45) is 2.56. The molecule has 4 rings (SSSR count). The molecule has 1 unspecified atom stereocenters. The average molecular weight is 427 g/mol. The lowest BCUT2D eigenvalue weighted by Crippen LogP contribution is -2.49. The van der Waals surface area contributed by atoms with E-state index in [2.05, 4.69) is 5.32 Å². The lowest BCUT2D eigenvalue weighted by molar-refractivity contribution is -0.134. The third-order valence-electron chi connectivity index (χ3n) is 5.33. The highest BCUT2D eigenvalue weighted by molar-refractivity contribution is 6.30. The van der Waals surface area contributed by atoms with Crippen LogP contribution in [0.25, 0.3) is 0 Å². The Labute approximate surface area is 180 Å². The third kappa shape index (κ3) is 5.01. The Hall–Kier alpha value is -2.83. The van der Waals surface area contributed by atoms with Gasteiger partial charge in [-0.05, 0) is 48.4 Å². The van der Waals surface area contributed by atoms with E-state index in [1.807, 2.05) is 30.3 Å². The van der Waals surface area contributed by atoms with Gasteiger partial charge in [-0.2, -0.15) is 0 Å². The van der Waals surface area contributed by atoms with Crippen LogP contribution in [0.1, 0.15) is 15.9 Å². The quantitative estimate of drug-likeness (QED) is 0.744. The van der Waals surface area contributed by atoms with E-state index in [9.17, 15) is 14.7 Å². The molecule has 0 radical (unpaired) electrons. The zero-order valence-corrected chi connectivity index (χ0v) is 17.1. The monoisotopic (exact) mass is 426 g/mol. The van der Waals surface area contributed by atoms with Crippen molar-refractivity contribution < 1.29 is 19.4 Å². The molecule has 1 fully saturated rings. The molecule has 0 bridgehead atoms. The highest BCUT2D eigenvalue weighted by atomic mass is 35.5. The van der Waals surface area contributed by atoms with E-state index >= 15 is 0 Å². The van der Waals surface area contributed by atoms with E-state index in [1.54, 1.807) is 17.0 Å². The molecule has 156 valence electrons. The smallest absolute Gasteiger partial charge is 0.251 e. The molecule has 0 saturated carbocycles. The van der Waals surface area contributed by atoms with Crippen LogP contribution in [0.4, 0.5) is 0 Å². The van der Waals surface area contributed by atoms with E-state index in [0.717, 1.165) is 17.6 Å². The third-order valence-corrected chi connectivity index (χ3v) is 5.58. The van der Waals surface area contributed by atoms with Gasteiger partial charge >= 0.3 is 0 Å². The summed E-state index contributed by atoms with van der Waals surface area (Å²) in [7, 11) is 0. The van der Waals surface area contributed by atoms with Gasteiger partial charge in [0.2, 0.25) is 5.91 Å². The molecule has 0 spiro atoms. The topological polar surface area (TPSA) is 78.9 Å². The first-order chi connectivity index (χ1) is 14.5. The van der Waals surface area contributed by atoms with Crippen LogP contribution in [-0.2, 0) is 16.0 Å². The lowest BCUT2D eigenvalue weighted by atomic mass is 10.1. The van der Waals surface area contributed by atoms with Crippen LogP contribution in [0, 0.1) is 5.92 Å². The van der Waals surface area contributed by atoms with Gasteiger partial charge in [-0.3, -0.25) is 9.59 Å². The molecule has 0 aromatic heterocycles. The number of phenols is 1. The number of hydrogen-bond acceptors (Lipinski definition) is 4. The van der Waals surface area contributed by atoms with Crippen LogP contribution >= 0.6 is 11.6 Å². The Morgan fingerprint density at radius 3 is 2.60 bits per heavy atom. The molecule has 1 aliphatic carbocycles. The summed E-state index contributed by atoms with van der Waals surface area (Å²) in [6.45, 7) is 1.75. The lowest BCUT2D eigenvalue weighted by Gasteiger charge is -2.33. The number of nitrogens with one attached hydrogen (secondary N) is 1. The SMILES string of the molecule is O=C(NC[C@H]1CN(C(=O)C2=CC2Cc2ccc(Cl)cc2)CCO1)c1ccc(O)cc1. The number of carbonyl (C=O) groups excluding carboxylic acids is 2. The second-order valence-corrected chi connectivity index (χ2v) is 8.00. The fraction of sp³-hybridized carbons (Fsp3) is 0.304. The van der Waals surface area contributed by atoms with E-state index < -0.39 is 0 Å². The van der Waals surface area contributed by atoms with Crippen molar-refractivity contribution in [3.05, 3.63) is 76.3 Å². The standard InChI is InChI=1S/C23H23ClN2O4/c24-18-5-1-15(2-6-18)11-17-12-21(17)23(29)26-9-10-30-20(14-26)13-25-22(28)16-3-7-19(27)8-4-16/h1-8,12,17,20,27H,9-11,13-14H2,(H,25,28)/t17?,20-/m0/s1. The number of ether oxygens (including phenoxy) is 1.